The highest BCUT2D eigenvalue weighted by molar-refractivity contribution is 7.90. The molecule has 20 heavy (non-hydrogen) atoms. The number of aromatic amines is 1. The van der Waals surface area contributed by atoms with Crippen LogP contribution in [0, 0.1) is 0 Å². The van der Waals surface area contributed by atoms with E-state index in [0.29, 0.717) is 10.9 Å². The molecule has 102 valence electrons. The van der Waals surface area contributed by atoms with Crippen molar-refractivity contribution in [2.75, 3.05) is 7.11 Å². The monoisotopic (exact) mass is 287 g/mol. The molecule has 0 saturated heterocycles. The van der Waals surface area contributed by atoms with E-state index in [-0.39, 0.29) is 0 Å². The standard InChI is InChI=1S/C14H13N3O2S/c1-19-11-4-2-3-10(7-11)9-20(18)14-16-12-5-6-15-8-13(12)17-14/h2-8H,9H2,1H3,(H,16,17)/t20-/m1/s1. The summed E-state index contributed by atoms with van der Waals surface area (Å²) in [5.74, 6) is 1.15. The molecule has 1 aromatic carbocycles. The van der Waals surface area contributed by atoms with Gasteiger partial charge in [0.1, 0.15) is 17.0 Å². The van der Waals surface area contributed by atoms with Gasteiger partial charge in [0.25, 0.3) is 0 Å². The molecular weight excluding hydrogens is 274 g/mol. The topological polar surface area (TPSA) is 73.9 Å². The Morgan fingerprint density at radius 2 is 2.25 bits per heavy atom. The summed E-state index contributed by atoms with van der Waals surface area (Å²) in [6.45, 7) is 0. The zero-order valence-corrected chi connectivity index (χ0v) is 11.7. The molecule has 0 spiro atoms. The number of nitrogens with zero attached hydrogens (tertiary/aromatic N) is 2. The van der Waals surface area contributed by atoms with Gasteiger partial charge in [-0.15, -0.1) is 0 Å². The third kappa shape index (κ3) is 2.61. The van der Waals surface area contributed by atoms with Gasteiger partial charge in [0.15, 0.2) is 0 Å². The molecular formula is C14H13N3O2S. The SMILES string of the molecule is COc1cccc(C[S@@+]([O-])c2nc3cnccc3[nH]2)c1. The highest BCUT2D eigenvalue weighted by Crippen LogP contribution is 2.20. The Morgan fingerprint density at radius 1 is 1.35 bits per heavy atom. The fourth-order valence-electron chi connectivity index (χ4n) is 1.92. The van der Waals surface area contributed by atoms with Crippen molar-refractivity contribution in [3.05, 3.63) is 48.3 Å². The summed E-state index contributed by atoms with van der Waals surface area (Å²) in [6, 6.07) is 9.36. The van der Waals surface area contributed by atoms with Crippen molar-refractivity contribution >= 4 is 22.2 Å². The second-order valence-corrected chi connectivity index (χ2v) is 5.64. The normalized spacial score (nSPS) is 12.5. The average molecular weight is 287 g/mol. The van der Waals surface area contributed by atoms with Crippen LogP contribution in [0.4, 0.5) is 0 Å². The van der Waals surface area contributed by atoms with Crippen molar-refractivity contribution in [1.29, 1.82) is 0 Å². The molecule has 0 aliphatic rings. The van der Waals surface area contributed by atoms with Crippen molar-refractivity contribution in [1.82, 2.24) is 15.0 Å². The van der Waals surface area contributed by atoms with Gasteiger partial charge in [0.2, 0.25) is 0 Å². The van der Waals surface area contributed by atoms with E-state index in [4.69, 9.17) is 4.74 Å². The molecule has 0 unspecified atom stereocenters. The van der Waals surface area contributed by atoms with Gasteiger partial charge in [0, 0.05) is 22.9 Å². The van der Waals surface area contributed by atoms with E-state index >= 15 is 0 Å². The number of fused-ring (bicyclic) bond motifs is 1. The molecule has 3 rings (SSSR count). The lowest BCUT2D eigenvalue weighted by atomic mass is 10.2. The number of benzene rings is 1. The summed E-state index contributed by atoms with van der Waals surface area (Å²) in [4.78, 5) is 11.4. The van der Waals surface area contributed by atoms with E-state index < -0.39 is 11.2 Å². The second-order valence-electron chi connectivity index (χ2n) is 4.28. The predicted molar refractivity (Wildman–Crippen MR) is 77.0 cm³/mol. The van der Waals surface area contributed by atoms with E-state index in [1.807, 2.05) is 30.3 Å². The fourth-order valence-corrected chi connectivity index (χ4v) is 2.97. The van der Waals surface area contributed by atoms with Crippen LogP contribution in [0.3, 0.4) is 0 Å². The average Bonchev–Trinajstić information content (AvgIpc) is 2.91. The maximum absolute atomic E-state index is 12.3. The molecule has 3 aromatic rings. The summed E-state index contributed by atoms with van der Waals surface area (Å²) in [5.41, 5.74) is 2.51. The molecule has 1 atom stereocenters. The minimum atomic E-state index is -1.23. The number of aromatic nitrogens is 3. The second kappa shape index (κ2) is 5.52. The van der Waals surface area contributed by atoms with Crippen LogP contribution in [-0.4, -0.2) is 26.6 Å². The smallest absolute Gasteiger partial charge is 0.322 e. The number of hydrogen-bond donors (Lipinski definition) is 1. The Balaban J connectivity index is 1.82. The summed E-state index contributed by atoms with van der Waals surface area (Å²) in [6.07, 6.45) is 3.33. The van der Waals surface area contributed by atoms with Crippen molar-refractivity contribution in [3.63, 3.8) is 0 Å². The van der Waals surface area contributed by atoms with E-state index in [1.54, 1.807) is 19.5 Å². The molecule has 0 aliphatic carbocycles. The fraction of sp³-hybridized carbons (Fsp3) is 0.143. The van der Waals surface area contributed by atoms with Gasteiger partial charge in [-0.3, -0.25) is 9.97 Å². The lowest BCUT2D eigenvalue weighted by molar-refractivity contribution is 0.414. The third-order valence-corrected chi connectivity index (χ3v) is 4.13. The predicted octanol–water partition coefficient (Wildman–Crippen LogP) is 2.27. The Hall–Kier alpha value is -2.05. The summed E-state index contributed by atoms with van der Waals surface area (Å²) >= 11 is -1.23. The number of pyridine rings is 1. The van der Waals surface area contributed by atoms with E-state index in [2.05, 4.69) is 15.0 Å². The van der Waals surface area contributed by atoms with Crippen molar-refractivity contribution < 1.29 is 9.29 Å². The Labute approximate surface area is 119 Å². The zero-order valence-electron chi connectivity index (χ0n) is 10.9. The molecule has 0 fully saturated rings. The van der Waals surface area contributed by atoms with E-state index in [9.17, 15) is 4.55 Å². The molecule has 0 radical (unpaired) electrons. The number of hydrogen-bond acceptors (Lipinski definition) is 4. The van der Waals surface area contributed by atoms with Crippen LogP contribution in [0.25, 0.3) is 11.0 Å². The lowest BCUT2D eigenvalue weighted by Gasteiger charge is -2.08. The van der Waals surface area contributed by atoms with Gasteiger partial charge in [-0.2, -0.15) is 4.98 Å². The minimum Gasteiger partial charge on any atom is -0.609 e. The van der Waals surface area contributed by atoms with Gasteiger partial charge in [-0.25, -0.2) is 0 Å². The first-order valence-corrected chi connectivity index (χ1v) is 7.39. The first kappa shape index (κ1) is 13.0. The number of rotatable bonds is 4. The number of imidazole rings is 1. The third-order valence-electron chi connectivity index (χ3n) is 2.91. The molecule has 0 bridgehead atoms. The molecule has 0 aliphatic heterocycles. The van der Waals surface area contributed by atoms with Gasteiger partial charge in [-0.1, -0.05) is 12.1 Å². The first-order chi connectivity index (χ1) is 9.76. The molecule has 2 aromatic heterocycles. The maximum atomic E-state index is 12.3. The summed E-state index contributed by atoms with van der Waals surface area (Å²) in [5, 5.41) is 0.468. The quantitative estimate of drug-likeness (QED) is 0.747. The molecule has 2 heterocycles. The van der Waals surface area contributed by atoms with Gasteiger partial charge in [0.05, 0.1) is 18.8 Å². The Morgan fingerprint density at radius 3 is 3.05 bits per heavy atom. The van der Waals surface area contributed by atoms with Gasteiger partial charge in [-0.05, 0) is 18.2 Å². The van der Waals surface area contributed by atoms with Crippen molar-refractivity contribution in [2.24, 2.45) is 0 Å². The Kier molecular flexibility index (Phi) is 3.58. The minimum absolute atomic E-state index is 0.393. The summed E-state index contributed by atoms with van der Waals surface area (Å²) < 4.78 is 17.5. The molecule has 1 N–H and O–H groups in total. The molecule has 6 heteroatoms. The van der Waals surface area contributed by atoms with Crippen LogP contribution in [0.2, 0.25) is 0 Å². The lowest BCUT2D eigenvalue weighted by Crippen LogP contribution is -2.07. The van der Waals surface area contributed by atoms with E-state index in [0.717, 1.165) is 22.3 Å². The Bertz CT molecular complexity index is 696. The van der Waals surface area contributed by atoms with Crippen LogP contribution >= 0.6 is 0 Å². The van der Waals surface area contributed by atoms with Crippen molar-refractivity contribution in [2.45, 2.75) is 10.9 Å². The van der Waals surface area contributed by atoms with E-state index in [1.165, 1.54) is 0 Å². The molecule has 0 saturated carbocycles. The molecule has 5 nitrogen and oxygen atoms in total. The number of H-pyrrole nitrogens is 1. The maximum Gasteiger partial charge on any atom is 0.322 e. The summed E-state index contributed by atoms with van der Waals surface area (Å²) in [7, 11) is 1.61. The highest BCUT2D eigenvalue weighted by Gasteiger charge is 2.17. The highest BCUT2D eigenvalue weighted by atomic mass is 32.2. The molecule has 0 amide bonds. The number of nitrogens with one attached hydrogen (secondary N) is 1. The van der Waals surface area contributed by atoms with Crippen LogP contribution in [0.5, 0.6) is 5.75 Å². The van der Waals surface area contributed by atoms with Gasteiger partial charge < -0.3 is 9.29 Å². The number of methoxy groups -OCH3 is 1. The van der Waals surface area contributed by atoms with Crippen LogP contribution < -0.4 is 4.74 Å². The largest absolute Gasteiger partial charge is 0.609 e. The van der Waals surface area contributed by atoms with Gasteiger partial charge >= 0.3 is 5.16 Å². The first-order valence-electron chi connectivity index (χ1n) is 6.07. The van der Waals surface area contributed by atoms with Crippen LogP contribution in [0.15, 0.2) is 47.9 Å². The number of ether oxygens (including phenoxy) is 1. The van der Waals surface area contributed by atoms with Crippen LogP contribution in [0.1, 0.15) is 5.56 Å². The van der Waals surface area contributed by atoms with Crippen LogP contribution in [-0.2, 0) is 16.9 Å². The zero-order chi connectivity index (χ0) is 13.9. The van der Waals surface area contributed by atoms with Crippen molar-refractivity contribution in [3.8, 4) is 5.75 Å².